The number of amides is 3. The van der Waals surface area contributed by atoms with Crippen LogP contribution in [0.5, 0.6) is 0 Å². The van der Waals surface area contributed by atoms with Crippen LogP contribution in [0.15, 0.2) is 85.3 Å². The number of aromatic nitrogens is 5. The summed E-state index contributed by atoms with van der Waals surface area (Å²) in [7, 11) is 0. The van der Waals surface area contributed by atoms with Crippen LogP contribution in [0.25, 0.3) is 44.5 Å². The maximum absolute atomic E-state index is 14.8. The Morgan fingerprint density at radius 3 is 2.65 bits per heavy atom. The largest absolute Gasteiger partial charge is 0.366 e. The lowest BCUT2D eigenvalue weighted by atomic mass is 10.0. The first-order valence-corrected chi connectivity index (χ1v) is 14.7. The summed E-state index contributed by atoms with van der Waals surface area (Å²) in [5, 5.41) is 11.1. The quantitative estimate of drug-likeness (QED) is 0.238. The number of hydrogen-bond acceptors (Lipinski definition) is 6. The molecule has 4 heterocycles. The molecule has 6 aromatic rings. The van der Waals surface area contributed by atoms with E-state index in [2.05, 4.69) is 20.5 Å². The molecule has 0 spiro atoms. The molecule has 3 aromatic carbocycles. The Bertz CT molecular complexity index is 2140. The lowest BCUT2D eigenvalue weighted by Crippen LogP contribution is -2.44. The van der Waals surface area contributed by atoms with E-state index in [-0.39, 0.29) is 25.1 Å². The average molecular weight is 617 g/mol. The summed E-state index contributed by atoms with van der Waals surface area (Å²) in [6.07, 6.45) is 3.18. The average Bonchev–Trinajstić information content (AvgIpc) is 3.77. The number of likely N-dealkylation sites (tertiary alicyclic amines) is 1. The molecule has 1 fully saturated rings. The van der Waals surface area contributed by atoms with Crippen molar-refractivity contribution < 1.29 is 18.8 Å². The zero-order valence-corrected chi connectivity index (χ0v) is 24.8. The van der Waals surface area contributed by atoms with Crippen LogP contribution in [0, 0.1) is 6.92 Å². The molecular formula is C34H29FN8O3. The Balaban J connectivity index is 1.14. The molecule has 46 heavy (non-hydrogen) atoms. The summed E-state index contributed by atoms with van der Waals surface area (Å²) < 4.78 is 16.4. The van der Waals surface area contributed by atoms with Gasteiger partial charge in [-0.3, -0.25) is 14.4 Å². The van der Waals surface area contributed by atoms with E-state index >= 15 is 0 Å². The molecule has 11 nitrogen and oxygen atoms in total. The van der Waals surface area contributed by atoms with Crippen molar-refractivity contribution in [3.63, 3.8) is 0 Å². The fourth-order valence-electron chi connectivity index (χ4n) is 6.09. The number of carbonyl (C=O) groups is 3. The molecule has 2 atom stereocenters. The molecule has 0 aliphatic carbocycles. The molecule has 3 amide bonds. The molecule has 0 radical (unpaired) electrons. The van der Waals surface area contributed by atoms with E-state index in [9.17, 15) is 18.8 Å². The van der Waals surface area contributed by atoms with Crippen molar-refractivity contribution in [2.24, 2.45) is 5.73 Å². The summed E-state index contributed by atoms with van der Waals surface area (Å²) in [6.45, 7) is 1.56. The van der Waals surface area contributed by atoms with Gasteiger partial charge in [0.15, 0.2) is 0 Å². The van der Waals surface area contributed by atoms with Gasteiger partial charge in [-0.05, 0) is 48.9 Å². The minimum absolute atomic E-state index is 0.134. The Hall–Kier alpha value is -5.91. The van der Waals surface area contributed by atoms with E-state index in [4.69, 9.17) is 10.7 Å². The van der Waals surface area contributed by atoms with Crippen molar-refractivity contribution in [2.75, 3.05) is 11.9 Å². The number of H-pyrrole nitrogens is 1. The second-order valence-electron chi connectivity index (χ2n) is 11.4. The van der Waals surface area contributed by atoms with Crippen molar-refractivity contribution >= 4 is 45.3 Å². The van der Waals surface area contributed by atoms with Crippen molar-refractivity contribution in [1.29, 1.82) is 0 Å². The molecule has 3 aromatic heterocycles. The number of nitrogens with zero attached hydrogens (tertiary/aromatic N) is 5. The van der Waals surface area contributed by atoms with Crippen molar-refractivity contribution in [1.82, 2.24) is 29.6 Å². The number of aromatic amines is 1. The maximum atomic E-state index is 14.8. The normalized spacial score (nSPS) is 16.3. The molecule has 1 saturated heterocycles. The Kier molecular flexibility index (Phi) is 7.24. The summed E-state index contributed by atoms with van der Waals surface area (Å²) in [5.41, 5.74) is 11.8. The third-order valence-electron chi connectivity index (χ3n) is 8.30. The SMILES string of the molecule is Cc1cccc(-c2nc3c(NC(=O)C4CC(F)CN4C(=O)Cn4cc(C(N)=O)c5cc(-c6ccnnc6)ccc54)cccc3[nH]2)c1. The van der Waals surface area contributed by atoms with Gasteiger partial charge in [-0.25, -0.2) is 9.37 Å². The Morgan fingerprint density at radius 1 is 1.02 bits per heavy atom. The van der Waals surface area contributed by atoms with Crippen LogP contribution in [0.3, 0.4) is 0 Å². The lowest BCUT2D eigenvalue weighted by Gasteiger charge is -2.24. The first-order valence-electron chi connectivity index (χ1n) is 14.7. The third-order valence-corrected chi connectivity index (χ3v) is 8.30. The van der Waals surface area contributed by atoms with Crippen LogP contribution in [0.2, 0.25) is 0 Å². The van der Waals surface area contributed by atoms with Crippen LogP contribution >= 0.6 is 0 Å². The van der Waals surface area contributed by atoms with Crippen molar-refractivity contribution in [3.05, 3.63) is 96.4 Å². The number of nitrogens with two attached hydrogens (primary N) is 1. The van der Waals surface area contributed by atoms with Crippen LogP contribution < -0.4 is 11.1 Å². The number of benzene rings is 3. The molecule has 1 aliphatic heterocycles. The van der Waals surface area contributed by atoms with Gasteiger partial charge in [-0.2, -0.15) is 10.2 Å². The first kappa shape index (κ1) is 28.8. The van der Waals surface area contributed by atoms with E-state index < -0.39 is 29.9 Å². The summed E-state index contributed by atoms with van der Waals surface area (Å²) in [5.74, 6) is -0.968. The predicted octanol–water partition coefficient (Wildman–Crippen LogP) is 4.63. The van der Waals surface area contributed by atoms with Crippen LogP contribution in [0.4, 0.5) is 10.1 Å². The monoisotopic (exact) mass is 616 g/mol. The zero-order chi connectivity index (χ0) is 31.9. The predicted molar refractivity (Wildman–Crippen MR) is 171 cm³/mol. The van der Waals surface area contributed by atoms with E-state index in [1.165, 1.54) is 11.1 Å². The highest BCUT2D eigenvalue weighted by Gasteiger charge is 2.40. The van der Waals surface area contributed by atoms with Gasteiger partial charge in [0.1, 0.15) is 30.1 Å². The molecular weight excluding hydrogens is 587 g/mol. The minimum atomic E-state index is -1.37. The standard InChI is InChI=1S/C34H29FN8O3/c1-19-4-2-5-21(12-19)33-39-26-6-3-7-27(31(26)41-33)40-34(46)29-14-23(35)16-43(29)30(44)18-42-17-25(32(36)45)24-13-20(8-9-28(24)42)22-10-11-37-38-15-22/h2-13,15,17,23,29H,14,16,18H2,1H3,(H2,36,45)(H,39,41)(H,40,46). The van der Waals surface area contributed by atoms with Crippen LogP contribution in [-0.2, 0) is 16.1 Å². The van der Waals surface area contributed by atoms with E-state index in [0.717, 1.165) is 27.8 Å². The van der Waals surface area contributed by atoms with Gasteiger partial charge in [-0.1, -0.05) is 35.9 Å². The highest BCUT2D eigenvalue weighted by atomic mass is 19.1. The Labute approximate surface area is 262 Å². The molecule has 0 bridgehead atoms. The van der Waals surface area contributed by atoms with Gasteiger partial charge in [0.2, 0.25) is 11.8 Å². The van der Waals surface area contributed by atoms with Crippen LogP contribution in [0.1, 0.15) is 22.3 Å². The van der Waals surface area contributed by atoms with Crippen molar-refractivity contribution in [2.45, 2.75) is 32.1 Å². The minimum Gasteiger partial charge on any atom is -0.366 e. The second kappa shape index (κ2) is 11.5. The maximum Gasteiger partial charge on any atom is 0.250 e. The number of nitrogens with one attached hydrogen (secondary N) is 2. The Morgan fingerprint density at radius 2 is 1.87 bits per heavy atom. The highest BCUT2D eigenvalue weighted by Crippen LogP contribution is 2.30. The molecule has 230 valence electrons. The van der Waals surface area contributed by atoms with Gasteiger partial charge in [0.25, 0.3) is 5.91 Å². The molecule has 2 unspecified atom stereocenters. The number of para-hydroxylation sites is 1. The number of imidazole rings is 1. The van der Waals surface area contributed by atoms with E-state index in [1.807, 2.05) is 43.3 Å². The number of halogens is 1. The lowest BCUT2D eigenvalue weighted by molar-refractivity contribution is -0.137. The van der Waals surface area contributed by atoms with Gasteiger partial charge < -0.3 is 25.5 Å². The molecule has 4 N–H and O–H groups in total. The number of rotatable bonds is 7. The number of aryl methyl sites for hydroxylation is 1. The summed E-state index contributed by atoms with van der Waals surface area (Å²) in [6, 6.07) is 19.5. The van der Waals surface area contributed by atoms with Gasteiger partial charge in [0.05, 0.1) is 35.7 Å². The zero-order valence-electron chi connectivity index (χ0n) is 24.8. The fraction of sp³-hybridized carbons (Fsp3) is 0.176. The van der Waals surface area contributed by atoms with Crippen LogP contribution in [-0.4, -0.2) is 66.1 Å². The highest BCUT2D eigenvalue weighted by molar-refractivity contribution is 6.08. The van der Waals surface area contributed by atoms with Gasteiger partial charge in [-0.15, -0.1) is 0 Å². The molecule has 1 aliphatic rings. The third kappa shape index (κ3) is 5.34. The smallest absolute Gasteiger partial charge is 0.250 e. The number of anilines is 1. The van der Waals surface area contributed by atoms with Gasteiger partial charge in [0, 0.05) is 34.6 Å². The molecule has 7 rings (SSSR count). The number of fused-ring (bicyclic) bond motifs is 2. The summed E-state index contributed by atoms with van der Waals surface area (Å²) in [4.78, 5) is 48.9. The fourth-order valence-corrected chi connectivity index (χ4v) is 6.09. The molecule has 0 saturated carbocycles. The number of carbonyl (C=O) groups excluding carboxylic acids is 3. The summed E-state index contributed by atoms with van der Waals surface area (Å²) >= 11 is 0. The second-order valence-corrected chi connectivity index (χ2v) is 11.4. The van der Waals surface area contributed by atoms with Crippen molar-refractivity contribution in [3.8, 4) is 22.5 Å². The van der Waals surface area contributed by atoms with Gasteiger partial charge >= 0.3 is 0 Å². The number of hydrogen-bond donors (Lipinski definition) is 3. The number of alkyl halides is 1. The number of primary amides is 1. The van der Waals surface area contributed by atoms with E-state index in [0.29, 0.717) is 27.9 Å². The first-order chi connectivity index (χ1) is 22.2. The molecule has 12 heteroatoms. The topological polar surface area (TPSA) is 152 Å². The van der Waals surface area contributed by atoms with E-state index in [1.54, 1.807) is 47.3 Å².